The summed E-state index contributed by atoms with van der Waals surface area (Å²) in [6, 6.07) is 0. The highest BCUT2D eigenvalue weighted by atomic mass is 32.1. The van der Waals surface area contributed by atoms with Crippen molar-refractivity contribution in [2.75, 3.05) is 13.2 Å². The van der Waals surface area contributed by atoms with Gasteiger partial charge < -0.3 is 30.3 Å². The number of ether oxygens (including phenoxy) is 1. The number of hydrogen-bond donors (Lipinski definition) is 5. The van der Waals surface area contributed by atoms with Gasteiger partial charge in [0, 0.05) is 0 Å². The maximum atomic E-state index is 9.46. The standard InChI is InChI=1S/C9H18O6S/c1-2-3-15-9(16)8(14)7(13)6(12)5(11)4-10/h5-8,10-14H,2-4H2,1H3. The van der Waals surface area contributed by atoms with Crippen LogP contribution in [0.15, 0.2) is 0 Å². The van der Waals surface area contributed by atoms with E-state index >= 15 is 0 Å². The largest absolute Gasteiger partial charge is 0.484 e. The lowest BCUT2D eigenvalue weighted by atomic mass is 10.0. The molecule has 0 fully saturated rings. The van der Waals surface area contributed by atoms with E-state index in [2.05, 4.69) is 12.2 Å². The lowest BCUT2D eigenvalue weighted by Gasteiger charge is -2.25. The first kappa shape index (κ1) is 15.7. The Morgan fingerprint density at radius 2 is 1.75 bits per heavy atom. The van der Waals surface area contributed by atoms with Crippen LogP contribution in [0.5, 0.6) is 0 Å². The molecule has 0 aliphatic heterocycles. The number of thiocarbonyl (C=S) groups is 1. The lowest BCUT2D eigenvalue weighted by Crippen LogP contribution is -2.48. The van der Waals surface area contributed by atoms with E-state index in [9.17, 15) is 15.3 Å². The third-order valence-corrected chi connectivity index (χ3v) is 2.30. The van der Waals surface area contributed by atoms with Crippen molar-refractivity contribution in [3.63, 3.8) is 0 Å². The molecule has 4 unspecified atom stereocenters. The summed E-state index contributed by atoms with van der Waals surface area (Å²) < 4.78 is 4.90. The van der Waals surface area contributed by atoms with E-state index in [4.69, 9.17) is 14.9 Å². The summed E-state index contributed by atoms with van der Waals surface area (Å²) in [5, 5.41) is 45.5. The fourth-order valence-corrected chi connectivity index (χ4v) is 1.17. The molecule has 0 spiro atoms. The normalized spacial score (nSPS) is 18.6. The molecule has 96 valence electrons. The smallest absolute Gasteiger partial charge is 0.191 e. The predicted molar refractivity (Wildman–Crippen MR) is 60.0 cm³/mol. The Kier molecular flexibility index (Phi) is 7.73. The molecule has 0 amide bonds. The summed E-state index contributed by atoms with van der Waals surface area (Å²) in [5.41, 5.74) is 0. The van der Waals surface area contributed by atoms with Crippen LogP contribution in [-0.4, -0.2) is 68.2 Å². The first-order chi connectivity index (χ1) is 7.45. The summed E-state index contributed by atoms with van der Waals surface area (Å²) in [6.45, 7) is 1.41. The van der Waals surface area contributed by atoms with Crippen LogP contribution >= 0.6 is 12.2 Å². The minimum atomic E-state index is -1.70. The van der Waals surface area contributed by atoms with Gasteiger partial charge in [-0.2, -0.15) is 0 Å². The van der Waals surface area contributed by atoms with Gasteiger partial charge in [-0.05, 0) is 18.6 Å². The Hall–Kier alpha value is -0.310. The van der Waals surface area contributed by atoms with Gasteiger partial charge >= 0.3 is 0 Å². The van der Waals surface area contributed by atoms with Crippen LogP contribution in [0.2, 0.25) is 0 Å². The highest BCUT2D eigenvalue weighted by Gasteiger charge is 2.32. The van der Waals surface area contributed by atoms with Crippen molar-refractivity contribution in [2.45, 2.75) is 37.8 Å². The predicted octanol–water partition coefficient (Wildman–Crippen LogP) is -1.82. The Bertz CT molecular complexity index is 212. The Morgan fingerprint density at radius 1 is 1.19 bits per heavy atom. The van der Waals surface area contributed by atoms with Crippen molar-refractivity contribution < 1.29 is 30.3 Å². The minimum absolute atomic E-state index is 0.251. The molecule has 0 aromatic carbocycles. The average molecular weight is 254 g/mol. The molecule has 7 heteroatoms. The minimum Gasteiger partial charge on any atom is -0.484 e. The van der Waals surface area contributed by atoms with Gasteiger partial charge in [0.15, 0.2) is 11.2 Å². The zero-order valence-electron chi connectivity index (χ0n) is 8.98. The zero-order chi connectivity index (χ0) is 12.7. The van der Waals surface area contributed by atoms with Crippen LogP contribution in [0.25, 0.3) is 0 Å². The molecule has 0 radical (unpaired) electrons. The third kappa shape index (κ3) is 4.69. The highest BCUT2D eigenvalue weighted by molar-refractivity contribution is 7.80. The molecule has 0 aliphatic carbocycles. The van der Waals surface area contributed by atoms with Crippen molar-refractivity contribution in [3.05, 3.63) is 0 Å². The van der Waals surface area contributed by atoms with Crippen LogP contribution in [-0.2, 0) is 4.74 Å². The Balaban J connectivity index is 4.25. The second kappa shape index (κ2) is 7.88. The van der Waals surface area contributed by atoms with Crippen LogP contribution in [0.3, 0.4) is 0 Å². The van der Waals surface area contributed by atoms with E-state index in [1.54, 1.807) is 0 Å². The Morgan fingerprint density at radius 3 is 2.19 bits per heavy atom. The van der Waals surface area contributed by atoms with Gasteiger partial charge in [0.1, 0.15) is 18.3 Å². The first-order valence-electron chi connectivity index (χ1n) is 4.95. The van der Waals surface area contributed by atoms with Crippen molar-refractivity contribution in [1.29, 1.82) is 0 Å². The molecule has 5 N–H and O–H groups in total. The average Bonchev–Trinajstić information content (AvgIpc) is 2.31. The molecule has 4 atom stereocenters. The van der Waals surface area contributed by atoms with Crippen molar-refractivity contribution in [3.8, 4) is 0 Å². The van der Waals surface area contributed by atoms with Gasteiger partial charge in [-0.15, -0.1) is 0 Å². The van der Waals surface area contributed by atoms with Crippen LogP contribution < -0.4 is 0 Å². The zero-order valence-corrected chi connectivity index (χ0v) is 9.80. The molecule has 0 heterocycles. The molecule has 6 nitrogen and oxygen atoms in total. The van der Waals surface area contributed by atoms with Crippen LogP contribution in [0.4, 0.5) is 0 Å². The van der Waals surface area contributed by atoms with Gasteiger partial charge in [0.05, 0.1) is 13.2 Å². The number of aliphatic hydroxyl groups is 5. The molecule has 0 aromatic heterocycles. The van der Waals surface area contributed by atoms with Gasteiger partial charge in [0.2, 0.25) is 0 Å². The van der Waals surface area contributed by atoms with Gasteiger partial charge in [-0.1, -0.05) is 6.92 Å². The van der Waals surface area contributed by atoms with E-state index < -0.39 is 31.0 Å². The molecule has 0 bridgehead atoms. The summed E-state index contributed by atoms with van der Waals surface area (Å²) in [7, 11) is 0. The summed E-state index contributed by atoms with van der Waals surface area (Å²) in [4.78, 5) is 0. The van der Waals surface area contributed by atoms with E-state index in [1.807, 2.05) is 6.92 Å². The topological polar surface area (TPSA) is 110 Å². The van der Waals surface area contributed by atoms with Crippen LogP contribution in [0.1, 0.15) is 13.3 Å². The molecule has 0 saturated heterocycles. The molecule has 0 saturated carbocycles. The second-order valence-electron chi connectivity index (χ2n) is 3.34. The van der Waals surface area contributed by atoms with E-state index in [1.165, 1.54) is 0 Å². The molecule has 16 heavy (non-hydrogen) atoms. The summed E-state index contributed by atoms with van der Waals surface area (Å²) >= 11 is 4.67. The highest BCUT2D eigenvalue weighted by Crippen LogP contribution is 2.07. The monoisotopic (exact) mass is 254 g/mol. The van der Waals surface area contributed by atoms with E-state index in [0.29, 0.717) is 13.0 Å². The second-order valence-corrected chi connectivity index (χ2v) is 3.75. The van der Waals surface area contributed by atoms with Gasteiger partial charge in [-0.25, -0.2) is 0 Å². The molecule has 0 aromatic rings. The fraction of sp³-hybridized carbons (Fsp3) is 0.889. The first-order valence-corrected chi connectivity index (χ1v) is 5.36. The molecular weight excluding hydrogens is 236 g/mol. The van der Waals surface area contributed by atoms with E-state index in [0.717, 1.165) is 0 Å². The maximum absolute atomic E-state index is 9.46. The third-order valence-electron chi connectivity index (χ3n) is 1.94. The number of aliphatic hydroxyl groups excluding tert-OH is 5. The van der Waals surface area contributed by atoms with Crippen molar-refractivity contribution >= 4 is 17.3 Å². The Labute approximate surface area is 99.1 Å². The van der Waals surface area contributed by atoms with Crippen LogP contribution in [0, 0.1) is 0 Å². The van der Waals surface area contributed by atoms with Gasteiger partial charge in [0.25, 0.3) is 0 Å². The number of hydrogen-bond acceptors (Lipinski definition) is 7. The van der Waals surface area contributed by atoms with Gasteiger partial charge in [-0.3, -0.25) is 0 Å². The number of rotatable bonds is 7. The molecule has 0 aliphatic rings. The molecule has 0 rings (SSSR count). The summed E-state index contributed by atoms with van der Waals surface area (Å²) in [6.07, 6.45) is -5.84. The van der Waals surface area contributed by atoms with E-state index in [-0.39, 0.29) is 5.05 Å². The fourth-order valence-electron chi connectivity index (χ4n) is 0.950. The lowest BCUT2D eigenvalue weighted by molar-refractivity contribution is -0.103. The van der Waals surface area contributed by atoms with Crippen molar-refractivity contribution in [1.82, 2.24) is 0 Å². The SMILES string of the molecule is CCCOC(=S)C(O)C(O)C(O)C(O)CO. The van der Waals surface area contributed by atoms with Crippen molar-refractivity contribution in [2.24, 2.45) is 0 Å². The molecular formula is C9H18O6S. The summed E-state index contributed by atoms with van der Waals surface area (Å²) in [5.74, 6) is 0. The maximum Gasteiger partial charge on any atom is 0.191 e. The quantitative estimate of drug-likeness (QED) is 0.340.